The summed E-state index contributed by atoms with van der Waals surface area (Å²) in [6.07, 6.45) is 1.21. The first-order valence-corrected chi connectivity index (χ1v) is 7.84. The minimum Gasteiger partial charge on any atom is -0.360 e. The van der Waals surface area contributed by atoms with Gasteiger partial charge in [0, 0.05) is 40.4 Å². The summed E-state index contributed by atoms with van der Waals surface area (Å²) in [4.78, 5) is 0. The van der Waals surface area contributed by atoms with Crippen LogP contribution in [-0.2, 0) is 9.47 Å². The van der Waals surface area contributed by atoms with Crippen LogP contribution >= 0.6 is 0 Å². The van der Waals surface area contributed by atoms with Crippen molar-refractivity contribution in [3.05, 3.63) is 0 Å². The van der Waals surface area contributed by atoms with E-state index in [1.807, 2.05) is 0 Å². The van der Waals surface area contributed by atoms with Crippen LogP contribution in [0.3, 0.4) is 0 Å². The van der Waals surface area contributed by atoms with Crippen molar-refractivity contribution in [1.82, 2.24) is 10.6 Å². The van der Waals surface area contributed by atoms with E-state index in [0.717, 1.165) is 26.2 Å². The lowest BCUT2D eigenvalue weighted by atomic mass is 10.4. The Balaban J connectivity index is 3.03. The zero-order valence-electron chi connectivity index (χ0n) is 10.6. The Kier molecular flexibility index (Phi) is 13.1. The van der Waals surface area contributed by atoms with E-state index in [1.54, 1.807) is 14.2 Å². The molecule has 0 saturated heterocycles. The smallest absolute Gasteiger partial charge is 0.134 e. The molecular formula is C10H27N3O2Si. The molecule has 0 atom stereocenters. The molecule has 0 aliphatic heterocycles. The molecule has 0 aromatic rings. The molecule has 0 bridgehead atoms. The molecule has 0 aromatic heterocycles. The van der Waals surface area contributed by atoms with E-state index in [2.05, 4.69) is 10.6 Å². The van der Waals surface area contributed by atoms with Gasteiger partial charge in [-0.2, -0.15) is 0 Å². The third-order valence-corrected chi connectivity index (χ3v) is 4.42. The van der Waals surface area contributed by atoms with Gasteiger partial charge >= 0.3 is 0 Å². The van der Waals surface area contributed by atoms with Crippen LogP contribution in [0.2, 0.25) is 6.04 Å². The van der Waals surface area contributed by atoms with Gasteiger partial charge in [-0.05, 0) is 13.0 Å². The van der Waals surface area contributed by atoms with Crippen molar-refractivity contribution in [2.45, 2.75) is 18.4 Å². The van der Waals surface area contributed by atoms with Crippen molar-refractivity contribution in [3.63, 3.8) is 0 Å². The zero-order chi connectivity index (χ0) is 12.1. The van der Waals surface area contributed by atoms with Crippen molar-refractivity contribution >= 4 is 9.52 Å². The van der Waals surface area contributed by atoms with Gasteiger partial charge < -0.3 is 25.8 Å². The van der Waals surface area contributed by atoms with E-state index in [9.17, 15) is 0 Å². The Hall–Kier alpha value is 0.0169. The number of hydrogen-bond acceptors (Lipinski definition) is 5. The number of nitrogens with two attached hydrogens (primary N) is 1. The molecular weight excluding hydrogens is 222 g/mol. The van der Waals surface area contributed by atoms with Crippen LogP contribution in [0.15, 0.2) is 0 Å². The third-order valence-electron chi connectivity index (χ3n) is 2.37. The van der Waals surface area contributed by atoms with E-state index in [4.69, 9.17) is 15.2 Å². The van der Waals surface area contributed by atoms with E-state index >= 15 is 0 Å². The van der Waals surface area contributed by atoms with Gasteiger partial charge in [-0.25, -0.2) is 0 Å². The number of methoxy groups -OCH3 is 2. The molecule has 0 fully saturated rings. The van der Waals surface area contributed by atoms with Crippen LogP contribution in [-0.4, -0.2) is 62.4 Å². The van der Waals surface area contributed by atoms with Crippen molar-refractivity contribution < 1.29 is 9.47 Å². The van der Waals surface area contributed by atoms with Crippen molar-refractivity contribution in [2.24, 2.45) is 5.73 Å². The molecule has 0 radical (unpaired) electrons. The second-order valence-corrected chi connectivity index (χ2v) is 5.64. The van der Waals surface area contributed by atoms with Gasteiger partial charge in [-0.15, -0.1) is 0 Å². The number of hydrogen-bond donors (Lipinski definition) is 3. The lowest BCUT2D eigenvalue weighted by molar-refractivity contribution is -0.0441. The van der Waals surface area contributed by atoms with Gasteiger partial charge in [0.05, 0.1) is 9.52 Å². The fraction of sp³-hybridized carbons (Fsp3) is 1.00. The van der Waals surface area contributed by atoms with Crippen LogP contribution in [0.25, 0.3) is 0 Å². The highest BCUT2D eigenvalue weighted by Crippen LogP contribution is 1.95. The molecule has 16 heavy (non-hydrogen) atoms. The Morgan fingerprint density at radius 3 is 2.25 bits per heavy atom. The van der Waals surface area contributed by atoms with Crippen LogP contribution in [0.5, 0.6) is 0 Å². The molecule has 0 aliphatic carbocycles. The fourth-order valence-electron chi connectivity index (χ4n) is 1.42. The van der Waals surface area contributed by atoms with Gasteiger partial charge in [-0.1, -0.05) is 6.04 Å². The lowest BCUT2D eigenvalue weighted by Gasteiger charge is -2.12. The summed E-state index contributed by atoms with van der Waals surface area (Å²) in [6.45, 7) is 4.70. The average molecular weight is 249 g/mol. The normalized spacial score (nSPS) is 12.0. The molecule has 0 spiro atoms. The molecule has 0 heterocycles. The van der Waals surface area contributed by atoms with Crippen LogP contribution in [0, 0.1) is 0 Å². The highest BCUT2D eigenvalue weighted by Gasteiger charge is 2.04. The Morgan fingerprint density at radius 2 is 1.69 bits per heavy atom. The molecule has 0 unspecified atom stereocenters. The quantitative estimate of drug-likeness (QED) is 0.227. The standard InChI is InChI=1S/C10H27N3O2Si/c1-14-10(15-2)16-9-3-5-12-7-8-13-6-4-11/h10,12-13H,3-9,11,16H2,1-2H3. The molecule has 6 heteroatoms. The number of nitrogens with one attached hydrogen (secondary N) is 2. The van der Waals surface area contributed by atoms with E-state index in [0.29, 0.717) is 6.54 Å². The number of rotatable bonds is 12. The predicted molar refractivity (Wildman–Crippen MR) is 70.6 cm³/mol. The summed E-state index contributed by atoms with van der Waals surface area (Å²) in [5.41, 5.74) is 5.36. The summed E-state index contributed by atoms with van der Waals surface area (Å²) >= 11 is 0. The minimum absolute atomic E-state index is 0.0891. The molecule has 0 amide bonds. The summed E-state index contributed by atoms with van der Waals surface area (Å²) in [5.74, 6) is 0.0891. The Morgan fingerprint density at radius 1 is 1.06 bits per heavy atom. The first-order valence-electron chi connectivity index (χ1n) is 6.02. The summed E-state index contributed by atoms with van der Waals surface area (Å²) in [6, 6.07) is 1.26. The van der Waals surface area contributed by atoms with E-state index in [-0.39, 0.29) is 15.4 Å². The maximum Gasteiger partial charge on any atom is 0.134 e. The monoisotopic (exact) mass is 249 g/mol. The summed E-state index contributed by atoms with van der Waals surface area (Å²) < 4.78 is 10.3. The fourth-order valence-corrected chi connectivity index (χ4v) is 2.77. The minimum atomic E-state index is -0.239. The molecule has 5 nitrogen and oxygen atoms in total. The highest BCUT2D eigenvalue weighted by molar-refractivity contribution is 6.36. The largest absolute Gasteiger partial charge is 0.360 e. The highest BCUT2D eigenvalue weighted by atomic mass is 28.2. The Labute approximate surface area is 101 Å². The third kappa shape index (κ3) is 10.5. The van der Waals surface area contributed by atoms with Crippen LogP contribution in [0.1, 0.15) is 6.42 Å². The topological polar surface area (TPSA) is 68.5 Å². The first-order chi connectivity index (χ1) is 7.85. The molecule has 0 rings (SSSR count). The lowest BCUT2D eigenvalue weighted by Crippen LogP contribution is -2.31. The molecule has 4 N–H and O–H groups in total. The van der Waals surface area contributed by atoms with E-state index in [1.165, 1.54) is 12.5 Å². The Bertz CT molecular complexity index is 137. The van der Waals surface area contributed by atoms with Gasteiger partial charge in [-0.3, -0.25) is 0 Å². The molecule has 98 valence electrons. The van der Waals surface area contributed by atoms with Crippen molar-refractivity contribution in [1.29, 1.82) is 0 Å². The van der Waals surface area contributed by atoms with Crippen LogP contribution < -0.4 is 16.4 Å². The first kappa shape index (κ1) is 16.0. The predicted octanol–water partition coefficient (Wildman–Crippen LogP) is -1.32. The number of ether oxygens (including phenoxy) is 2. The van der Waals surface area contributed by atoms with Gasteiger partial charge in [0.15, 0.2) is 0 Å². The maximum absolute atomic E-state index is 5.36. The van der Waals surface area contributed by atoms with E-state index < -0.39 is 0 Å². The van der Waals surface area contributed by atoms with Crippen LogP contribution in [0.4, 0.5) is 0 Å². The van der Waals surface area contributed by atoms with Gasteiger partial charge in [0.25, 0.3) is 0 Å². The maximum atomic E-state index is 5.36. The van der Waals surface area contributed by atoms with Gasteiger partial charge in [0.2, 0.25) is 0 Å². The summed E-state index contributed by atoms with van der Waals surface area (Å²) in [7, 11) is 3.18. The second-order valence-electron chi connectivity index (χ2n) is 3.69. The molecule has 0 saturated carbocycles. The molecule has 0 aliphatic rings. The average Bonchev–Trinajstić information content (AvgIpc) is 2.32. The van der Waals surface area contributed by atoms with Crippen molar-refractivity contribution in [2.75, 3.05) is 46.9 Å². The van der Waals surface area contributed by atoms with Crippen molar-refractivity contribution in [3.8, 4) is 0 Å². The zero-order valence-corrected chi connectivity index (χ0v) is 12.0. The van der Waals surface area contributed by atoms with Gasteiger partial charge in [0.1, 0.15) is 5.91 Å². The SMILES string of the molecule is COC(OC)[SiH2]CCCNCCNCCN. The second kappa shape index (κ2) is 13.1. The molecule has 0 aromatic carbocycles. The summed E-state index contributed by atoms with van der Waals surface area (Å²) in [5, 5.41) is 6.63.